The van der Waals surface area contributed by atoms with Crippen molar-refractivity contribution in [3.05, 3.63) is 186 Å². The summed E-state index contributed by atoms with van der Waals surface area (Å²) in [5.41, 5.74) is 6.85. The van der Waals surface area contributed by atoms with Crippen LogP contribution in [0.5, 0.6) is 5.75 Å². The van der Waals surface area contributed by atoms with Crippen LogP contribution < -0.4 is 4.74 Å². The van der Waals surface area contributed by atoms with Crippen molar-refractivity contribution in [2.45, 2.75) is 46.1 Å². The molecule has 306 valence electrons. The Labute approximate surface area is 342 Å². The molecule has 0 aliphatic rings. The second-order valence-electron chi connectivity index (χ2n) is 11.8. The molecule has 0 saturated heterocycles. The first-order valence-corrected chi connectivity index (χ1v) is 17.9. The third kappa shape index (κ3) is 18.2. The smallest absolute Gasteiger partial charge is 0.476 e. The van der Waals surface area contributed by atoms with Gasteiger partial charge in [0.25, 0.3) is 0 Å². The maximum Gasteiger partial charge on any atom is 0.573 e. The Hall–Kier alpha value is -6.99. The first-order valence-electron chi connectivity index (χ1n) is 17.9. The lowest BCUT2D eigenvalue weighted by Gasteiger charge is -2.12. The fourth-order valence-electron chi connectivity index (χ4n) is 4.71. The van der Waals surface area contributed by atoms with Crippen molar-refractivity contribution in [3.63, 3.8) is 0 Å². The summed E-state index contributed by atoms with van der Waals surface area (Å²) in [7, 11) is 0. The Morgan fingerprint density at radius 2 is 1.03 bits per heavy atom. The van der Waals surface area contributed by atoms with E-state index in [1.165, 1.54) is 30.2 Å². The van der Waals surface area contributed by atoms with Gasteiger partial charge in [0.1, 0.15) is 19.0 Å². The van der Waals surface area contributed by atoms with Gasteiger partial charge < -0.3 is 33.2 Å². The number of rotatable bonds is 18. The molecule has 4 rings (SSSR count). The van der Waals surface area contributed by atoms with E-state index in [1.807, 2.05) is 36.4 Å². The van der Waals surface area contributed by atoms with Crippen LogP contribution in [-0.4, -0.2) is 31.9 Å². The number of hydrogen-bond donors (Lipinski definition) is 0. The quantitative estimate of drug-likeness (QED) is 0.0243. The fraction of sp³-hybridized carbons (Fsp3) is 0.191. The standard InChI is InChI=1S/C24H24O4.C23H19F3O5/c1-4-22-15-21(16-27-18-26-6-3)12-14-23(22)13-11-19-7-9-20(10-8-19)17-28-24(25)5-2;1-3-22(27)30-15-18-7-5-17(6-8-18)9-11-20-12-10-19(14-29-16-28-4-2)13-21(20)31-23(24,25)26/h5-10,12,14-15H,2-4,16-18H2,1H3;3-8,10,12-13H,1-2,14-16H2. The maximum absolute atomic E-state index is 12.8. The Kier molecular flexibility index (Phi) is 19.9. The lowest BCUT2D eigenvalue weighted by atomic mass is 10.0. The summed E-state index contributed by atoms with van der Waals surface area (Å²) in [4.78, 5) is 22.2. The van der Waals surface area contributed by atoms with Gasteiger partial charge in [-0.2, -0.15) is 0 Å². The van der Waals surface area contributed by atoms with Crippen LogP contribution in [0, 0.1) is 23.7 Å². The van der Waals surface area contributed by atoms with Gasteiger partial charge in [-0.1, -0.05) is 99.4 Å². The number of carbonyl (C=O) groups is 2. The molecule has 0 spiro atoms. The molecule has 0 heterocycles. The van der Waals surface area contributed by atoms with Crippen molar-refractivity contribution >= 4 is 11.9 Å². The fourth-order valence-corrected chi connectivity index (χ4v) is 4.71. The lowest BCUT2D eigenvalue weighted by Crippen LogP contribution is -2.18. The summed E-state index contributed by atoms with van der Waals surface area (Å²) in [6.45, 7) is 16.5. The summed E-state index contributed by atoms with van der Waals surface area (Å²) in [5.74, 6) is 10.5. The van der Waals surface area contributed by atoms with Crippen LogP contribution in [0.3, 0.4) is 0 Å². The van der Waals surface area contributed by atoms with Crippen molar-refractivity contribution in [2.24, 2.45) is 0 Å². The second kappa shape index (κ2) is 25.3. The Morgan fingerprint density at radius 3 is 1.47 bits per heavy atom. The number of carbonyl (C=O) groups excluding carboxylic acids is 2. The van der Waals surface area contributed by atoms with E-state index in [-0.39, 0.29) is 39.0 Å². The SMILES string of the molecule is C=COCOCc1ccc(C#Cc2ccc(COC(=O)C=C)cc2)c(CC)c1.C=COCOCc1ccc(C#Cc2ccc(COC(=O)C=C)cc2)c(OC(F)(F)F)c1. The van der Waals surface area contributed by atoms with E-state index >= 15 is 0 Å². The molecular formula is C47H43F3O9. The number of ether oxygens (including phenoxy) is 7. The van der Waals surface area contributed by atoms with Crippen LogP contribution in [0.1, 0.15) is 57.0 Å². The minimum atomic E-state index is -4.87. The zero-order valence-electron chi connectivity index (χ0n) is 32.5. The minimum Gasteiger partial charge on any atom is -0.476 e. The molecule has 0 N–H and O–H groups in total. The molecule has 0 atom stereocenters. The average Bonchev–Trinajstić information content (AvgIpc) is 3.24. The molecule has 0 amide bonds. The number of aryl methyl sites for hydroxylation is 1. The third-order valence-electron chi connectivity index (χ3n) is 7.58. The van der Waals surface area contributed by atoms with E-state index in [0.717, 1.165) is 46.4 Å². The lowest BCUT2D eigenvalue weighted by molar-refractivity contribution is -0.274. The predicted molar refractivity (Wildman–Crippen MR) is 216 cm³/mol. The van der Waals surface area contributed by atoms with E-state index in [4.69, 9.17) is 28.4 Å². The number of alkyl halides is 3. The molecule has 4 aromatic rings. The molecule has 0 fully saturated rings. The zero-order chi connectivity index (χ0) is 42.9. The second-order valence-corrected chi connectivity index (χ2v) is 11.8. The van der Waals surface area contributed by atoms with Crippen molar-refractivity contribution in [1.29, 1.82) is 0 Å². The highest BCUT2D eigenvalue weighted by molar-refractivity contribution is 5.81. The van der Waals surface area contributed by atoms with Crippen LogP contribution >= 0.6 is 0 Å². The molecule has 0 bridgehead atoms. The molecule has 4 aromatic carbocycles. The normalized spacial score (nSPS) is 10.1. The molecule has 0 aromatic heterocycles. The molecule has 0 unspecified atom stereocenters. The summed E-state index contributed by atoms with van der Waals surface area (Å²) in [6, 6.07) is 24.7. The van der Waals surface area contributed by atoms with Crippen molar-refractivity contribution < 1.29 is 55.9 Å². The van der Waals surface area contributed by atoms with Gasteiger partial charge in [-0.25, -0.2) is 9.59 Å². The topological polar surface area (TPSA) is 98.8 Å². The Balaban J connectivity index is 0.000000317. The first kappa shape index (κ1) is 46.4. The molecule has 9 nitrogen and oxygen atoms in total. The van der Waals surface area contributed by atoms with Crippen molar-refractivity contribution in [3.8, 4) is 29.4 Å². The van der Waals surface area contributed by atoms with E-state index < -0.39 is 24.1 Å². The molecule has 0 radical (unpaired) electrons. The first-order chi connectivity index (χ1) is 28.5. The van der Waals surface area contributed by atoms with Gasteiger partial charge in [-0.05, 0) is 76.7 Å². The summed E-state index contributed by atoms with van der Waals surface area (Å²) >= 11 is 0. The average molecular weight is 809 g/mol. The number of halogens is 3. The van der Waals surface area contributed by atoms with Gasteiger partial charge in [0, 0.05) is 28.8 Å². The van der Waals surface area contributed by atoms with E-state index in [9.17, 15) is 22.8 Å². The number of esters is 2. The summed E-state index contributed by atoms with van der Waals surface area (Å²) in [5, 5.41) is 0. The van der Waals surface area contributed by atoms with Crippen LogP contribution in [0.4, 0.5) is 13.2 Å². The largest absolute Gasteiger partial charge is 0.573 e. The van der Waals surface area contributed by atoms with E-state index in [0.29, 0.717) is 17.7 Å². The highest BCUT2D eigenvalue weighted by Gasteiger charge is 2.32. The zero-order valence-corrected chi connectivity index (χ0v) is 32.5. The van der Waals surface area contributed by atoms with Crippen LogP contribution in [0.25, 0.3) is 0 Å². The van der Waals surface area contributed by atoms with Gasteiger partial charge in [0.05, 0.1) is 31.3 Å². The van der Waals surface area contributed by atoms with Gasteiger partial charge in [-0.3, -0.25) is 0 Å². The minimum absolute atomic E-state index is 0.0215. The van der Waals surface area contributed by atoms with Crippen molar-refractivity contribution in [1.82, 2.24) is 0 Å². The molecule has 0 aliphatic carbocycles. The monoisotopic (exact) mass is 808 g/mol. The van der Waals surface area contributed by atoms with Gasteiger partial charge in [0.2, 0.25) is 0 Å². The Bertz CT molecular complexity index is 2150. The van der Waals surface area contributed by atoms with Crippen LogP contribution in [-0.2, 0) is 70.9 Å². The molecule has 0 aliphatic heterocycles. The van der Waals surface area contributed by atoms with Crippen LogP contribution in [0.2, 0.25) is 0 Å². The summed E-state index contributed by atoms with van der Waals surface area (Å²) in [6.07, 6.45) is 0.777. The number of benzene rings is 4. The highest BCUT2D eigenvalue weighted by atomic mass is 19.4. The van der Waals surface area contributed by atoms with E-state index in [2.05, 4.69) is 67.7 Å². The van der Waals surface area contributed by atoms with E-state index in [1.54, 1.807) is 30.3 Å². The number of hydrogen-bond acceptors (Lipinski definition) is 9. The summed E-state index contributed by atoms with van der Waals surface area (Å²) < 4.78 is 72.8. The van der Waals surface area contributed by atoms with Gasteiger partial charge in [0.15, 0.2) is 13.6 Å². The van der Waals surface area contributed by atoms with Gasteiger partial charge >= 0.3 is 18.3 Å². The maximum atomic E-state index is 12.8. The predicted octanol–water partition coefficient (Wildman–Crippen LogP) is 9.36. The highest BCUT2D eigenvalue weighted by Crippen LogP contribution is 2.28. The Morgan fingerprint density at radius 1 is 0.593 bits per heavy atom. The third-order valence-corrected chi connectivity index (χ3v) is 7.58. The molecular weight excluding hydrogens is 766 g/mol. The molecule has 0 saturated carbocycles. The molecule has 12 heteroatoms. The van der Waals surface area contributed by atoms with Crippen LogP contribution in [0.15, 0.2) is 136 Å². The van der Waals surface area contributed by atoms with Crippen molar-refractivity contribution in [2.75, 3.05) is 13.6 Å². The van der Waals surface area contributed by atoms with Gasteiger partial charge in [-0.15, -0.1) is 13.2 Å². The molecule has 59 heavy (non-hydrogen) atoms.